The maximum absolute atomic E-state index is 4.73. The molecule has 0 atom stereocenters. The van der Waals surface area contributed by atoms with Crippen molar-refractivity contribution in [2.24, 2.45) is 20.0 Å². The first kappa shape index (κ1) is 56.0. The van der Waals surface area contributed by atoms with Crippen LogP contribution >= 0.6 is 20.3 Å². The van der Waals surface area contributed by atoms with E-state index in [0.717, 1.165) is 71.8 Å². The van der Waals surface area contributed by atoms with Gasteiger partial charge in [0.1, 0.15) is 0 Å². The Morgan fingerprint density at radius 3 is 0.851 bits per heavy atom. The number of hydrogen-bond acceptors (Lipinski definition) is 6. The fourth-order valence-corrected chi connectivity index (χ4v) is 2.95. The summed E-state index contributed by atoms with van der Waals surface area (Å²) in [6.45, 7) is 40.3. The zero-order chi connectivity index (χ0) is 35.6. The molecule has 0 N–H and O–H groups in total. The molecule has 0 amide bonds. The third kappa shape index (κ3) is 38.3. The van der Waals surface area contributed by atoms with Crippen molar-refractivity contribution in [3.63, 3.8) is 0 Å². The minimum Gasteiger partial charge on any atom is 0 e. The van der Waals surface area contributed by atoms with Gasteiger partial charge in [-0.3, -0.25) is 20.0 Å². The number of aliphatic imine (C=N–C) groups is 4. The second-order valence-electron chi connectivity index (χ2n) is 12.2. The molecule has 0 aromatic carbocycles. The molecule has 2 aromatic rings. The molecule has 1 radical (unpaired) electrons. The van der Waals surface area contributed by atoms with Crippen molar-refractivity contribution < 1.29 is 48.5 Å². The Morgan fingerprint density at radius 2 is 0.723 bits per heavy atom. The molecule has 0 aliphatic rings. The second kappa shape index (κ2) is 32.8. The summed E-state index contributed by atoms with van der Waals surface area (Å²) >= 11 is 0.382. The quantitative estimate of drug-likeness (QED) is 0.160. The summed E-state index contributed by atoms with van der Waals surface area (Å²) in [5.74, 6) is 0. The molecule has 0 aliphatic carbocycles. The molecule has 47 heavy (non-hydrogen) atoms. The Bertz CT molecular complexity index is 1030. The summed E-state index contributed by atoms with van der Waals surface area (Å²) in [4.78, 5) is 26.5. The van der Waals surface area contributed by atoms with Crippen molar-refractivity contribution in [2.45, 2.75) is 94.7 Å². The van der Waals surface area contributed by atoms with E-state index in [-0.39, 0.29) is 35.6 Å². The number of hydrogen-bond donors (Lipinski definition) is 0. The molecular formula is C34H60Cl2Co2LiN6Si2-. The minimum absolute atomic E-state index is 0. The van der Waals surface area contributed by atoms with Gasteiger partial charge >= 0.3 is 52.0 Å². The zero-order valence-electron chi connectivity index (χ0n) is 31.8. The summed E-state index contributed by atoms with van der Waals surface area (Å²) in [6.07, 6.45) is 0. The van der Waals surface area contributed by atoms with Crippen LogP contribution in [0.5, 0.6) is 0 Å². The van der Waals surface area contributed by atoms with Gasteiger partial charge in [-0.25, -0.2) is 9.97 Å². The van der Waals surface area contributed by atoms with Crippen LogP contribution in [0.25, 0.3) is 0 Å². The number of halogens is 2. The van der Waals surface area contributed by atoms with E-state index in [4.69, 9.17) is 20.3 Å². The van der Waals surface area contributed by atoms with Gasteiger partial charge in [0.25, 0.3) is 0 Å². The van der Waals surface area contributed by atoms with Crippen LogP contribution in [0.3, 0.4) is 0 Å². The van der Waals surface area contributed by atoms with Crippen molar-refractivity contribution in [1.29, 1.82) is 0 Å². The van der Waals surface area contributed by atoms with E-state index in [1.807, 2.05) is 91.8 Å². The van der Waals surface area contributed by atoms with Gasteiger partial charge in [0.15, 0.2) is 0 Å². The van der Waals surface area contributed by atoms with Crippen LogP contribution in [0.2, 0.25) is 39.3 Å². The Morgan fingerprint density at radius 1 is 0.574 bits per heavy atom. The van der Waals surface area contributed by atoms with Gasteiger partial charge < -0.3 is 13.1 Å². The number of pyridine rings is 2. The van der Waals surface area contributed by atoms with Crippen LogP contribution in [0.4, 0.5) is 0 Å². The predicted octanol–water partition coefficient (Wildman–Crippen LogP) is 7.25. The molecule has 0 saturated heterocycles. The molecule has 0 unspecified atom stereocenters. The Hall–Kier alpha value is -0.396. The van der Waals surface area contributed by atoms with E-state index >= 15 is 0 Å². The largest absolute Gasteiger partial charge is 1.00 e. The molecule has 0 bridgehead atoms. The molecule has 0 saturated carbocycles. The normalized spacial score (nSPS) is 11.9. The van der Waals surface area contributed by atoms with E-state index in [1.54, 1.807) is 0 Å². The molecule has 2 aromatic heterocycles. The van der Waals surface area contributed by atoms with E-state index in [2.05, 4.69) is 82.3 Å². The topological polar surface area (TPSA) is 75.2 Å². The summed E-state index contributed by atoms with van der Waals surface area (Å²) in [5.41, 5.74) is 7.66. The van der Waals surface area contributed by atoms with Gasteiger partial charge in [-0.05, 0) is 79.7 Å². The molecule has 268 valence electrons. The zero-order valence-corrected chi connectivity index (χ0v) is 37.4. The first-order valence-corrected chi connectivity index (χ1v) is 25.6. The molecule has 0 spiro atoms. The van der Waals surface area contributed by atoms with Crippen LogP contribution in [0.15, 0.2) is 56.4 Å². The van der Waals surface area contributed by atoms with E-state index < -0.39 is 16.1 Å². The van der Waals surface area contributed by atoms with E-state index in [0.29, 0.717) is 12.9 Å². The van der Waals surface area contributed by atoms with Gasteiger partial charge in [0, 0.05) is 43.0 Å². The van der Waals surface area contributed by atoms with Gasteiger partial charge in [-0.2, -0.15) is 0 Å². The summed E-state index contributed by atoms with van der Waals surface area (Å²) in [7, 11) is 7.74. The molecule has 2 heterocycles. The summed E-state index contributed by atoms with van der Waals surface area (Å²) < 4.78 is 0. The summed E-state index contributed by atoms with van der Waals surface area (Å²) in [6, 6.07) is 11.9. The van der Waals surface area contributed by atoms with Crippen molar-refractivity contribution in [1.82, 2.24) is 9.97 Å². The molecule has 2 rings (SSSR count). The monoisotopic (exact) mass is 803 g/mol. The van der Waals surface area contributed by atoms with E-state index in [1.165, 1.54) is 0 Å². The third-order valence-corrected chi connectivity index (χ3v) is 4.56. The minimum atomic E-state index is -0.861. The first-order valence-electron chi connectivity index (χ1n) is 15.3. The van der Waals surface area contributed by atoms with Gasteiger partial charge in [-0.15, -0.1) is 16.1 Å². The fraction of sp³-hybridized carbons (Fsp3) is 0.529. The summed E-state index contributed by atoms with van der Waals surface area (Å²) in [5, 5.41) is 0. The maximum atomic E-state index is 4.73. The number of nitrogens with zero attached hydrogens (tertiary/aromatic N) is 6. The maximum Gasteiger partial charge on any atom is 1.00 e. The average Bonchev–Trinajstić information content (AvgIpc) is 2.93. The number of aromatic nitrogens is 2. The van der Waals surface area contributed by atoms with Crippen molar-refractivity contribution in [3.8, 4) is 0 Å². The fourth-order valence-electron chi connectivity index (χ4n) is 2.95. The second-order valence-corrected chi connectivity index (χ2v) is 24.2. The molecule has 6 nitrogen and oxygen atoms in total. The SMILES string of the molecule is CCN=C(C)c1cccc(C(C)=NCC)n1.CCN=C(C)c1cccc(C(C)=NCC)n1.[CH2-][Si](C)(C)C.[CH2-][Si](C)(C)C.[Cl][Co][Cl].[Co].[Li+]. The number of rotatable bonds is 8. The standard InChI is InChI=1S/2C13H19N3.2C4H11Si.2ClH.2Co.Li/c2*1-5-14-10(3)12-8-7-9-13(16-12)11(4)15-6-2;2*1-5(2,3)4;;;;;/h2*7-9H,5-6H2,1-4H3;2*1H2,2-4H3;2*1H;;;/q;;2*-1;;;;+2;+1/p-2. The Labute approximate surface area is 328 Å². The molecular weight excluding hydrogens is 744 g/mol. The van der Waals surface area contributed by atoms with E-state index in [9.17, 15) is 0 Å². The van der Waals surface area contributed by atoms with Crippen LogP contribution in [0.1, 0.15) is 78.2 Å². The van der Waals surface area contributed by atoms with Gasteiger partial charge in [0.2, 0.25) is 0 Å². The van der Waals surface area contributed by atoms with Crippen LogP contribution < -0.4 is 18.9 Å². The predicted molar refractivity (Wildman–Crippen MR) is 209 cm³/mol. The molecule has 0 aliphatic heterocycles. The van der Waals surface area contributed by atoms with Gasteiger partial charge in [-0.1, -0.05) is 51.4 Å². The van der Waals surface area contributed by atoms with Crippen molar-refractivity contribution >= 4 is 59.3 Å². The molecule has 0 fully saturated rings. The smallest absolute Gasteiger partial charge is 0 e. The van der Waals surface area contributed by atoms with Gasteiger partial charge in [0.05, 0.1) is 45.6 Å². The van der Waals surface area contributed by atoms with Crippen molar-refractivity contribution in [3.05, 3.63) is 72.3 Å². The van der Waals surface area contributed by atoms with Crippen molar-refractivity contribution in [2.75, 3.05) is 26.2 Å². The Kier molecular flexibility index (Phi) is 39.1. The first-order chi connectivity index (χ1) is 20.8. The Balaban J connectivity index is -0.000000178. The van der Waals surface area contributed by atoms with Crippen LogP contribution in [0, 0.1) is 13.1 Å². The molecule has 13 heteroatoms. The van der Waals surface area contributed by atoms with Crippen LogP contribution in [-0.2, 0) is 29.7 Å². The van der Waals surface area contributed by atoms with Crippen LogP contribution in [-0.4, -0.2) is 75.1 Å². The third-order valence-electron chi connectivity index (χ3n) is 4.56. The average molecular weight is 805 g/mol.